The number of hydrogen-bond donors (Lipinski definition) is 0. The van der Waals surface area contributed by atoms with Crippen molar-refractivity contribution in [2.45, 2.75) is 0 Å². The first-order valence-electron chi connectivity index (χ1n) is 8.94. The van der Waals surface area contributed by atoms with Crippen molar-refractivity contribution in [3.05, 3.63) is 121 Å². The third-order valence-electron chi connectivity index (χ3n) is 4.44. The predicted octanol–water partition coefficient (Wildman–Crippen LogP) is 4.69. The van der Waals surface area contributed by atoms with Crippen molar-refractivity contribution in [2.24, 2.45) is 0 Å². The van der Waals surface area contributed by atoms with Crippen LogP contribution in [-0.2, 0) is 0 Å². The minimum Gasteiger partial charge on any atom is -0.103 e. The summed E-state index contributed by atoms with van der Waals surface area (Å²) in [5.41, 5.74) is 0. The summed E-state index contributed by atoms with van der Waals surface area (Å²) in [7, 11) is -1.11. The fraction of sp³-hybridized carbons (Fsp3) is 0. The molecule has 4 aromatic rings. The van der Waals surface area contributed by atoms with Crippen LogP contribution in [0.1, 0.15) is 0 Å². The molecule has 0 aromatic heterocycles. The Balaban J connectivity index is 2.12. The van der Waals surface area contributed by atoms with Crippen molar-refractivity contribution in [1.29, 1.82) is 0 Å². The third kappa shape index (κ3) is 3.73. The van der Waals surface area contributed by atoms with E-state index in [1.165, 1.54) is 21.2 Å². The minimum atomic E-state index is -2.11. The van der Waals surface area contributed by atoms with Crippen molar-refractivity contribution in [3.63, 3.8) is 0 Å². The molecule has 0 amide bonds. The smallest absolute Gasteiger partial charge is 0.103 e. The van der Waals surface area contributed by atoms with Gasteiger partial charge in [0.1, 0.15) is 0 Å². The normalized spacial score (nSPS) is 11.1. The van der Waals surface area contributed by atoms with Gasteiger partial charge in [-0.25, -0.2) is 0 Å². The first-order valence-corrected chi connectivity index (χ1v) is 11.5. The zero-order valence-corrected chi connectivity index (χ0v) is 16.7. The Morgan fingerprint density at radius 1 is 0.444 bits per heavy atom. The highest BCUT2D eigenvalue weighted by Crippen LogP contribution is 2.42. The summed E-state index contributed by atoms with van der Waals surface area (Å²) >= 11 is 0. The lowest BCUT2D eigenvalue weighted by Crippen LogP contribution is -2.26. The topological polar surface area (TPSA) is 14.1 Å². The zero-order valence-electron chi connectivity index (χ0n) is 14.9. The Labute approximate surface area is 162 Å². The fourth-order valence-corrected chi connectivity index (χ4v) is 8.35. The van der Waals surface area contributed by atoms with E-state index in [0.29, 0.717) is 0 Å². The van der Waals surface area contributed by atoms with Gasteiger partial charge in [-0.05, 0) is 48.5 Å². The average molecular weight is 384 g/mol. The second-order valence-corrected chi connectivity index (χ2v) is 10.4. The summed E-state index contributed by atoms with van der Waals surface area (Å²) in [6.07, 6.45) is 0. The van der Waals surface area contributed by atoms with Crippen LogP contribution in [0.2, 0.25) is 0 Å². The van der Waals surface area contributed by atoms with E-state index in [2.05, 4.69) is 115 Å². The maximum Gasteiger partial charge on any atom is 0.389 e. The van der Waals surface area contributed by atoms with Gasteiger partial charge in [-0.15, -0.1) is 4.17 Å². The Hall–Kier alpha value is -2.68. The molecule has 0 aliphatic rings. The highest BCUT2D eigenvalue weighted by Gasteiger charge is 2.37. The number of rotatable bonds is 4. The summed E-state index contributed by atoms with van der Waals surface area (Å²) in [6, 6.07) is 42.7. The van der Waals surface area contributed by atoms with E-state index in [1.807, 2.05) is 6.07 Å². The Bertz CT molecular complexity index is 983. The van der Waals surface area contributed by atoms with E-state index in [1.54, 1.807) is 0 Å². The van der Waals surface area contributed by atoms with Crippen molar-refractivity contribution in [3.8, 4) is 0 Å². The molecular formula is C24H20NP2+. The van der Waals surface area contributed by atoms with Crippen LogP contribution in [0, 0.1) is 0 Å². The van der Waals surface area contributed by atoms with Gasteiger partial charge in [0.2, 0.25) is 0 Å². The number of benzene rings is 4. The van der Waals surface area contributed by atoms with Crippen LogP contribution >= 0.6 is 15.4 Å². The Kier molecular flexibility index (Phi) is 5.47. The molecule has 1 nitrogen and oxygen atoms in total. The average Bonchev–Trinajstić information content (AvgIpc) is 2.77. The molecule has 0 atom stereocenters. The molecule has 0 aliphatic heterocycles. The molecule has 0 saturated heterocycles. The van der Waals surface area contributed by atoms with Crippen molar-refractivity contribution in [1.82, 2.24) is 4.17 Å². The van der Waals surface area contributed by atoms with Gasteiger partial charge >= 0.3 is 15.4 Å². The van der Waals surface area contributed by atoms with Crippen LogP contribution in [0.4, 0.5) is 0 Å². The zero-order chi connectivity index (χ0) is 18.4. The van der Waals surface area contributed by atoms with Crippen LogP contribution in [-0.4, -0.2) is 0 Å². The molecule has 0 unspecified atom stereocenters. The SMILES string of the molecule is c1ccc(P=[N+]=P(c2ccccc2)(c2ccccc2)c2ccccc2)cc1. The third-order valence-corrected chi connectivity index (χ3v) is 9.54. The molecule has 0 bridgehead atoms. The summed E-state index contributed by atoms with van der Waals surface area (Å²) in [5.74, 6) is 0. The maximum atomic E-state index is 5.42. The van der Waals surface area contributed by atoms with E-state index in [9.17, 15) is 0 Å². The van der Waals surface area contributed by atoms with Gasteiger partial charge in [0.25, 0.3) is 0 Å². The van der Waals surface area contributed by atoms with Gasteiger partial charge in [0.15, 0.2) is 0 Å². The quantitative estimate of drug-likeness (QED) is 0.358. The molecule has 4 aromatic carbocycles. The number of nitrogens with zero attached hydrogens (tertiary/aromatic N) is 1. The molecule has 0 radical (unpaired) electrons. The van der Waals surface area contributed by atoms with Crippen LogP contribution in [0.3, 0.4) is 0 Å². The van der Waals surface area contributed by atoms with E-state index < -0.39 is 7.05 Å². The van der Waals surface area contributed by atoms with Gasteiger partial charge in [0, 0.05) is 0 Å². The molecule has 27 heavy (non-hydrogen) atoms. The molecule has 0 fully saturated rings. The van der Waals surface area contributed by atoms with Crippen LogP contribution < -0.4 is 25.4 Å². The largest absolute Gasteiger partial charge is 0.389 e. The first-order chi connectivity index (χ1) is 13.4. The van der Waals surface area contributed by atoms with E-state index in [0.717, 1.165) is 8.37 Å². The second-order valence-electron chi connectivity index (χ2n) is 6.17. The van der Waals surface area contributed by atoms with E-state index in [4.69, 9.17) is 4.17 Å². The molecule has 0 heterocycles. The van der Waals surface area contributed by atoms with Gasteiger partial charge in [-0.3, -0.25) is 0 Å². The highest BCUT2D eigenvalue weighted by atomic mass is 31.2. The van der Waals surface area contributed by atoms with Crippen molar-refractivity contribution < 1.29 is 0 Å². The monoisotopic (exact) mass is 384 g/mol. The molecule has 0 saturated carbocycles. The van der Waals surface area contributed by atoms with Crippen LogP contribution in [0.5, 0.6) is 0 Å². The molecular weight excluding hydrogens is 364 g/mol. The standard InChI is InChI=1S/C24H20NP2/c1-5-13-21(14-6-1)26-25-27(22-15-7-2-8-16-22,23-17-9-3-10-18-23)24-19-11-4-12-20-24/h1-20H/q+1. The molecule has 0 aliphatic carbocycles. The first kappa shape index (κ1) is 17.7. The fourth-order valence-electron chi connectivity index (χ4n) is 3.15. The number of hydrogen-bond acceptors (Lipinski definition) is 0. The second kappa shape index (κ2) is 8.34. The molecule has 130 valence electrons. The molecule has 0 N–H and O–H groups in total. The molecule has 3 heteroatoms. The summed E-state index contributed by atoms with van der Waals surface area (Å²) in [6.45, 7) is 0. The van der Waals surface area contributed by atoms with Gasteiger partial charge in [-0.1, -0.05) is 72.8 Å². The van der Waals surface area contributed by atoms with E-state index >= 15 is 0 Å². The minimum absolute atomic E-state index is 0.997. The summed E-state index contributed by atoms with van der Waals surface area (Å²) in [4.78, 5) is 0. The maximum absolute atomic E-state index is 5.42. The van der Waals surface area contributed by atoms with Gasteiger partial charge < -0.3 is 0 Å². The van der Waals surface area contributed by atoms with Gasteiger partial charge in [0.05, 0.1) is 21.2 Å². The molecule has 4 rings (SSSR count). The van der Waals surface area contributed by atoms with Crippen molar-refractivity contribution in [2.75, 3.05) is 0 Å². The van der Waals surface area contributed by atoms with Crippen LogP contribution in [0.15, 0.2) is 121 Å². The Morgan fingerprint density at radius 2 is 0.778 bits per heavy atom. The van der Waals surface area contributed by atoms with Crippen LogP contribution in [0.25, 0.3) is 0 Å². The molecule has 0 spiro atoms. The van der Waals surface area contributed by atoms with Crippen molar-refractivity contribution >= 4 is 36.6 Å². The Morgan fingerprint density at radius 3 is 1.15 bits per heavy atom. The van der Waals surface area contributed by atoms with Gasteiger partial charge in [-0.2, -0.15) is 0 Å². The van der Waals surface area contributed by atoms with E-state index in [-0.39, 0.29) is 0 Å². The predicted molar refractivity (Wildman–Crippen MR) is 120 cm³/mol. The lowest BCUT2D eigenvalue weighted by molar-refractivity contribution is 1.69. The summed E-state index contributed by atoms with van der Waals surface area (Å²) in [5, 5.41) is 5.06. The lowest BCUT2D eigenvalue weighted by atomic mass is 10.4. The lowest BCUT2D eigenvalue weighted by Gasteiger charge is -2.14. The highest BCUT2D eigenvalue weighted by molar-refractivity contribution is 7.87. The summed E-state index contributed by atoms with van der Waals surface area (Å²) < 4.78 is 5.42.